The second-order valence-electron chi connectivity index (χ2n) is 6.56. The number of pyridine rings is 2. The molecule has 3 rings (SSSR count). The summed E-state index contributed by atoms with van der Waals surface area (Å²) in [7, 11) is 2.05. The van der Waals surface area contributed by atoms with Gasteiger partial charge in [0.15, 0.2) is 5.13 Å². The number of nitrogens with one attached hydrogen (secondary N) is 2. The molecule has 3 heterocycles. The minimum Gasteiger partial charge on any atom is -0.387 e. The summed E-state index contributed by atoms with van der Waals surface area (Å²) in [5.74, 6) is 1.55. The summed E-state index contributed by atoms with van der Waals surface area (Å²) >= 11 is 1.63. The average molecular weight is 395 g/mol. The van der Waals surface area contributed by atoms with E-state index in [9.17, 15) is 0 Å². The number of nitrogens with zero attached hydrogens (tertiary/aromatic N) is 4. The van der Waals surface area contributed by atoms with E-state index in [4.69, 9.17) is 4.98 Å². The predicted octanol–water partition coefficient (Wildman–Crippen LogP) is 4.60. The van der Waals surface area contributed by atoms with Crippen LogP contribution in [-0.2, 0) is 0 Å². The van der Waals surface area contributed by atoms with E-state index >= 15 is 0 Å². The summed E-state index contributed by atoms with van der Waals surface area (Å²) in [5.41, 5.74) is 3.11. The monoisotopic (exact) mass is 394 g/mol. The van der Waals surface area contributed by atoms with Crippen molar-refractivity contribution in [3.8, 4) is 10.6 Å². The molecule has 0 fully saturated rings. The Morgan fingerprint density at radius 1 is 1.21 bits per heavy atom. The van der Waals surface area contributed by atoms with Gasteiger partial charge in [0.2, 0.25) is 0 Å². The number of thiazole rings is 1. The average Bonchev–Trinajstić information content (AvgIpc) is 3.18. The van der Waals surface area contributed by atoms with Crippen LogP contribution in [0.25, 0.3) is 10.6 Å². The molecule has 0 saturated heterocycles. The maximum Gasteiger partial charge on any atom is 0.185 e. The third kappa shape index (κ3) is 5.29. The van der Waals surface area contributed by atoms with Crippen molar-refractivity contribution in [2.45, 2.75) is 20.3 Å². The Labute approximate surface area is 170 Å². The molecule has 3 aromatic heterocycles. The van der Waals surface area contributed by atoms with Gasteiger partial charge in [0.05, 0.1) is 10.6 Å². The Bertz CT molecular complexity index is 936. The number of hydrogen-bond acceptors (Lipinski definition) is 7. The number of aryl methyl sites for hydroxylation is 1. The number of allylic oxidation sites excluding steroid dienone is 1. The maximum atomic E-state index is 4.71. The Hall–Kier alpha value is -2.93. The van der Waals surface area contributed by atoms with Crippen molar-refractivity contribution in [3.05, 3.63) is 60.6 Å². The van der Waals surface area contributed by atoms with Crippen molar-refractivity contribution in [3.63, 3.8) is 0 Å². The van der Waals surface area contributed by atoms with Crippen LogP contribution in [0.5, 0.6) is 0 Å². The number of aromatic nitrogens is 3. The zero-order valence-corrected chi connectivity index (χ0v) is 17.4. The maximum absolute atomic E-state index is 4.71. The first kappa shape index (κ1) is 19.8. The Kier molecular flexibility index (Phi) is 6.60. The number of likely N-dealkylation sites (N-methyl/N-ethyl adjacent to an activating group) is 1. The zero-order valence-electron chi connectivity index (χ0n) is 16.6. The topological polar surface area (TPSA) is 66.0 Å². The van der Waals surface area contributed by atoms with Crippen molar-refractivity contribution in [1.29, 1.82) is 0 Å². The Balaban J connectivity index is 1.66. The van der Waals surface area contributed by atoms with Crippen molar-refractivity contribution in [2.75, 3.05) is 30.4 Å². The molecule has 6 nitrogen and oxygen atoms in total. The first-order chi connectivity index (χ1) is 13.5. The van der Waals surface area contributed by atoms with E-state index in [-0.39, 0.29) is 0 Å². The molecule has 0 amide bonds. The second kappa shape index (κ2) is 9.32. The van der Waals surface area contributed by atoms with Gasteiger partial charge >= 0.3 is 0 Å². The largest absolute Gasteiger partial charge is 0.387 e. The van der Waals surface area contributed by atoms with E-state index in [1.165, 1.54) is 0 Å². The molecule has 0 saturated carbocycles. The highest BCUT2D eigenvalue weighted by molar-refractivity contribution is 7.18. The molecule has 0 bridgehead atoms. The molecule has 0 radical (unpaired) electrons. The summed E-state index contributed by atoms with van der Waals surface area (Å²) in [6, 6.07) is 9.89. The highest BCUT2D eigenvalue weighted by Gasteiger charge is 2.10. The lowest BCUT2D eigenvalue weighted by Gasteiger charge is -2.16. The van der Waals surface area contributed by atoms with E-state index in [2.05, 4.69) is 39.0 Å². The minimum absolute atomic E-state index is 0.765. The Morgan fingerprint density at radius 3 is 2.86 bits per heavy atom. The first-order valence-electron chi connectivity index (χ1n) is 9.31. The summed E-state index contributed by atoms with van der Waals surface area (Å²) in [6.07, 6.45) is 4.61. The van der Waals surface area contributed by atoms with Crippen LogP contribution in [0, 0.1) is 6.92 Å². The third-order valence-corrected chi connectivity index (χ3v) is 5.38. The third-order valence-electron chi connectivity index (χ3n) is 4.24. The highest BCUT2D eigenvalue weighted by Crippen LogP contribution is 2.30. The van der Waals surface area contributed by atoms with E-state index in [0.717, 1.165) is 58.1 Å². The van der Waals surface area contributed by atoms with E-state index in [0.29, 0.717) is 0 Å². The molecule has 2 N–H and O–H groups in total. The summed E-state index contributed by atoms with van der Waals surface area (Å²) in [4.78, 5) is 16.8. The lowest BCUT2D eigenvalue weighted by molar-refractivity contribution is 0.743. The van der Waals surface area contributed by atoms with Crippen molar-refractivity contribution in [1.82, 2.24) is 20.3 Å². The van der Waals surface area contributed by atoms with Crippen LogP contribution in [0.4, 0.5) is 16.8 Å². The van der Waals surface area contributed by atoms with Crippen molar-refractivity contribution >= 4 is 28.1 Å². The van der Waals surface area contributed by atoms with Gasteiger partial charge in [-0.15, -0.1) is 0 Å². The second-order valence-corrected chi connectivity index (χ2v) is 7.57. The molecule has 0 aliphatic rings. The van der Waals surface area contributed by atoms with E-state index in [1.807, 2.05) is 50.5 Å². The fourth-order valence-electron chi connectivity index (χ4n) is 2.56. The molecule has 0 unspecified atom stereocenters. The molecule has 0 spiro atoms. The normalized spacial score (nSPS) is 10.5. The first-order valence-corrected chi connectivity index (χ1v) is 10.1. The lowest BCUT2D eigenvalue weighted by atomic mass is 10.3. The molecular formula is C21H26N6S. The molecule has 0 aliphatic heterocycles. The fourth-order valence-corrected chi connectivity index (χ4v) is 3.43. The van der Waals surface area contributed by atoms with Gasteiger partial charge in [0, 0.05) is 38.2 Å². The molecule has 0 aliphatic carbocycles. The Morgan fingerprint density at radius 2 is 2.07 bits per heavy atom. The van der Waals surface area contributed by atoms with E-state index < -0.39 is 0 Å². The van der Waals surface area contributed by atoms with Gasteiger partial charge in [-0.3, -0.25) is 0 Å². The van der Waals surface area contributed by atoms with Gasteiger partial charge in [-0.1, -0.05) is 30.9 Å². The SMILES string of the molecule is C=C(CC)NCCN(C)c1ncc(-c2cccc(Nc3cc(C)ccn3)n2)s1. The lowest BCUT2D eigenvalue weighted by Crippen LogP contribution is -2.28. The quantitative estimate of drug-likeness (QED) is 0.553. The van der Waals surface area contributed by atoms with Crippen LogP contribution in [0.3, 0.4) is 0 Å². The molecule has 0 aromatic carbocycles. The van der Waals surface area contributed by atoms with Crippen LogP contribution in [0.2, 0.25) is 0 Å². The van der Waals surface area contributed by atoms with Gasteiger partial charge in [0.1, 0.15) is 11.6 Å². The van der Waals surface area contributed by atoms with Crippen LogP contribution in [-0.4, -0.2) is 35.1 Å². The molecule has 7 heteroatoms. The standard InChI is InChI=1S/C21H26N6S/c1-5-16(3)22-11-12-27(4)21-24-14-18(28-21)17-7-6-8-19(25-17)26-20-13-15(2)9-10-23-20/h6-10,13-14,22H,3,5,11-12H2,1-2,4H3,(H,23,25,26). The van der Waals surface area contributed by atoms with Crippen LogP contribution >= 0.6 is 11.3 Å². The van der Waals surface area contributed by atoms with Crippen molar-refractivity contribution in [2.24, 2.45) is 0 Å². The molecule has 0 atom stereocenters. The summed E-state index contributed by atoms with van der Waals surface area (Å²) < 4.78 is 0. The van der Waals surface area contributed by atoms with Crippen LogP contribution in [0.1, 0.15) is 18.9 Å². The summed E-state index contributed by atoms with van der Waals surface area (Å²) in [6.45, 7) is 9.81. The smallest absolute Gasteiger partial charge is 0.185 e. The van der Waals surface area contributed by atoms with Gasteiger partial charge in [-0.2, -0.15) is 0 Å². The van der Waals surface area contributed by atoms with Gasteiger partial charge < -0.3 is 15.5 Å². The molecule has 3 aromatic rings. The molecular weight excluding hydrogens is 368 g/mol. The van der Waals surface area contributed by atoms with Gasteiger partial charge in [-0.25, -0.2) is 15.0 Å². The van der Waals surface area contributed by atoms with Gasteiger partial charge in [0.25, 0.3) is 0 Å². The fraction of sp³-hybridized carbons (Fsp3) is 0.286. The predicted molar refractivity (Wildman–Crippen MR) is 118 cm³/mol. The number of anilines is 3. The number of hydrogen-bond donors (Lipinski definition) is 2. The van der Waals surface area contributed by atoms with Gasteiger partial charge in [-0.05, 0) is 43.2 Å². The van der Waals surface area contributed by atoms with Crippen LogP contribution < -0.4 is 15.5 Å². The van der Waals surface area contributed by atoms with Crippen LogP contribution in [0.15, 0.2) is 55.0 Å². The number of rotatable bonds is 9. The molecule has 146 valence electrons. The highest BCUT2D eigenvalue weighted by atomic mass is 32.1. The van der Waals surface area contributed by atoms with Crippen molar-refractivity contribution < 1.29 is 0 Å². The zero-order chi connectivity index (χ0) is 19.9. The summed E-state index contributed by atoms with van der Waals surface area (Å²) in [5, 5.41) is 7.56. The molecule has 28 heavy (non-hydrogen) atoms. The minimum atomic E-state index is 0.765. The van der Waals surface area contributed by atoms with E-state index in [1.54, 1.807) is 17.5 Å².